The molecule has 1 aromatic heterocycles. The maximum absolute atomic E-state index is 12.2. The van der Waals surface area contributed by atoms with Gasteiger partial charge in [0.05, 0.1) is 13.3 Å². The molecule has 0 unspecified atom stereocenters. The van der Waals surface area contributed by atoms with Crippen LogP contribution in [-0.4, -0.2) is 28.9 Å². The van der Waals surface area contributed by atoms with Crippen LogP contribution in [0.25, 0.3) is 0 Å². The molecule has 0 bridgehead atoms. The largest absolute Gasteiger partial charge is 0.496 e. The van der Waals surface area contributed by atoms with Gasteiger partial charge in [0.1, 0.15) is 11.4 Å². The first-order chi connectivity index (χ1) is 10.7. The maximum Gasteiger partial charge on any atom is 0.289 e. The summed E-state index contributed by atoms with van der Waals surface area (Å²) in [4.78, 5) is 31.6. The van der Waals surface area contributed by atoms with Crippen LogP contribution in [0.4, 0.5) is 0 Å². The average Bonchev–Trinajstić information content (AvgIpc) is 2.59. The molecule has 7 heteroatoms. The summed E-state index contributed by atoms with van der Waals surface area (Å²) in [7, 11) is 1.55. The van der Waals surface area contributed by atoms with Gasteiger partial charge >= 0.3 is 0 Å². The van der Waals surface area contributed by atoms with Gasteiger partial charge in [-0.15, -0.1) is 0 Å². The lowest BCUT2D eigenvalue weighted by Crippen LogP contribution is -2.42. The summed E-state index contributed by atoms with van der Waals surface area (Å²) in [6.07, 6.45) is 4.79. The van der Waals surface area contributed by atoms with Crippen molar-refractivity contribution in [2.24, 2.45) is 0 Å². The lowest BCUT2D eigenvalue weighted by molar-refractivity contribution is 0.0843. The average molecular weight is 300 g/mol. The summed E-state index contributed by atoms with van der Waals surface area (Å²) in [5.74, 6) is -0.328. The van der Waals surface area contributed by atoms with Crippen LogP contribution >= 0.6 is 0 Å². The Balaban J connectivity index is 2.09. The van der Waals surface area contributed by atoms with Crippen LogP contribution in [0.2, 0.25) is 0 Å². The summed E-state index contributed by atoms with van der Waals surface area (Å²) in [5, 5.41) is 0. The number of carbonyl (C=O) groups excluding carboxylic acids is 2. The summed E-state index contributed by atoms with van der Waals surface area (Å²) in [5.41, 5.74) is 6.00. The summed E-state index contributed by atoms with van der Waals surface area (Å²) in [6, 6.07) is 5.18. The first-order valence-corrected chi connectivity index (χ1v) is 6.70. The predicted octanol–water partition coefficient (Wildman–Crippen LogP) is 1.12. The fraction of sp³-hybridized carbons (Fsp3) is 0.200. The Morgan fingerprint density at radius 1 is 1.18 bits per heavy atom. The highest BCUT2D eigenvalue weighted by atomic mass is 16.5. The monoisotopic (exact) mass is 300 g/mol. The van der Waals surface area contributed by atoms with Crippen molar-refractivity contribution in [1.29, 1.82) is 0 Å². The minimum absolute atomic E-state index is 0.115. The van der Waals surface area contributed by atoms with Crippen molar-refractivity contribution in [3.05, 3.63) is 53.6 Å². The van der Waals surface area contributed by atoms with Crippen LogP contribution in [-0.2, 0) is 6.42 Å². The Bertz CT molecular complexity index is 674. The molecule has 22 heavy (non-hydrogen) atoms. The zero-order chi connectivity index (χ0) is 15.9. The number of nitrogens with one attached hydrogen (secondary N) is 2. The third kappa shape index (κ3) is 3.38. The van der Waals surface area contributed by atoms with E-state index in [4.69, 9.17) is 4.74 Å². The molecule has 7 nitrogen and oxygen atoms in total. The minimum Gasteiger partial charge on any atom is -0.496 e. The first-order valence-electron chi connectivity index (χ1n) is 6.70. The van der Waals surface area contributed by atoms with Gasteiger partial charge in [-0.1, -0.05) is 13.0 Å². The number of rotatable bonds is 4. The number of hydrazine groups is 1. The number of methoxy groups -OCH3 is 1. The molecule has 0 aliphatic carbocycles. The predicted molar refractivity (Wildman–Crippen MR) is 79.3 cm³/mol. The van der Waals surface area contributed by atoms with Gasteiger partial charge in [-0.2, -0.15) is 0 Å². The molecule has 2 aromatic rings. The van der Waals surface area contributed by atoms with Crippen LogP contribution in [0, 0.1) is 0 Å². The van der Waals surface area contributed by atoms with Crippen molar-refractivity contribution < 1.29 is 14.3 Å². The second-order valence-electron chi connectivity index (χ2n) is 4.34. The van der Waals surface area contributed by atoms with Gasteiger partial charge in [0.25, 0.3) is 11.8 Å². The number of hydrogen-bond acceptors (Lipinski definition) is 5. The fourth-order valence-electron chi connectivity index (χ4n) is 2.00. The fourth-order valence-corrected chi connectivity index (χ4v) is 2.00. The van der Waals surface area contributed by atoms with E-state index in [1.54, 1.807) is 25.3 Å². The van der Waals surface area contributed by atoms with E-state index in [0.717, 1.165) is 5.56 Å². The number of ether oxygens (including phenoxy) is 1. The minimum atomic E-state index is -0.539. The van der Waals surface area contributed by atoms with Crippen molar-refractivity contribution in [1.82, 2.24) is 20.8 Å². The van der Waals surface area contributed by atoms with Gasteiger partial charge in [0.15, 0.2) is 0 Å². The third-order valence-corrected chi connectivity index (χ3v) is 3.04. The van der Waals surface area contributed by atoms with Crippen molar-refractivity contribution in [3.63, 3.8) is 0 Å². The van der Waals surface area contributed by atoms with Gasteiger partial charge in [0.2, 0.25) is 0 Å². The zero-order valence-electron chi connectivity index (χ0n) is 12.3. The Labute approximate surface area is 127 Å². The number of hydrogen-bond donors (Lipinski definition) is 2. The Hall–Kier alpha value is -2.96. The molecule has 2 amide bonds. The Kier molecular flexibility index (Phi) is 5.02. The standard InChI is InChI=1S/C15H16N4O3/c1-3-10-11(5-4-6-13(10)22-2)14(20)18-19-15(21)12-9-16-7-8-17-12/h4-9H,3H2,1-2H3,(H,18,20)(H,19,21). The quantitative estimate of drug-likeness (QED) is 0.825. The molecule has 0 aliphatic heterocycles. The van der Waals surface area contributed by atoms with Gasteiger partial charge < -0.3 is 4.74 Å². The molecule has 1 aromatic carbocycles. The molecule has 0 spiro atoms. The number of amides is 2. The van der Waals surface area contributed by atoms with Crippen molar-refractivity contribution in [2.75, 3.05) is 7.11 Å². The number of nitrogens with zero attached hydrogens (tertiary/aromatic N) is 2. The van der Waals surface area contributed by atoms with E-state index in [-0.39, 0.29) is 5.69 Å². The number of aromatic nitrogens is 2. The smallest absolute Gasteiger partial charge is 0.289 e. The van der Waals surface area contributed by atoms with Crippen LogP contribution in [0.3, 0.4) is 0 Å². The van der Waals surface area contributed by atoms with Crippen LogP contribution in [0.1, 0.15) is 33.3 Å². The van der Waals surface area contributed by atoms with E-state index in [1.165, 1.54) is 18.6 Å². The molecule has 1 heterocycles. The molecule has 0 fully saturated rings. The number of benzene rings is 1. The molecular formula is C15H16N4O3. The van der Waals surface area contributed by atoms with Crippen molar-refractivity contribution in [2.45, 2.75) is 13.3 Å². The molecule has 0 saturated carbocycles. The van der Waals surface area contributed by atoms with Gasteiger partial charge in [-0.3, -0.25) is 25.4 Å². The lowest BCUT2D eigenvalue weighted by atomic mass is 10.0. The van der Waals surface area contributed by atoms with Crippen LogP contribution in [0.5, 0.6) is 5.75 Å². The molecule has 2 rings (SSSR count). The van der Waals surface area contributed by atoms with Gasteiger partial charge in [-0.25, -0.2) is 4.98 Å². The van der Waals surface area contributed by atoms with E-state index in [9.17, 15) is 9.59 Å². The van der Waals surface area contributed by atoms with E-state index in [0.29, 0.717) is 17.7 Å². The highest BCUT2D eigenvalue weighted by molar-refractivity contribution is 5.99. The normalized spacial score (nSPS) is 9.91. The summed E-state index contributed by atoms with van der Waals surface area (Å²) >= 11 is 0. The topological polar surface area (TPSA) is 93.2 Å². The Morgan fingerprint density at radius 2 is 1.95 bits per heavy atom. The highest BCUT2D eigenvalue weighted by Gasteiger charge is 2.15. The summed E-state index contributed by atoms with van der Waals surface area (Å²) in [6.45, 7) is 1.92. The molecule has 2 N–H and O–H groups in total. The van der Waals surface area contributed by atoms with E-state index >= 15 is 0 Å². The molecule has 0 saturated heterocycles. The first kappa shape index (κ1) is 15.4. The number of carbonyl (C=O) groups is 2. The summed E-state index contributed by atoms with van der Waals surface area (Å²) < 4.78 is 5.24. The third-order valence-electron chi connectivity index (χ3n) is 3.04. The zero-order valence-corrected chi connectivity index (χ0v) is 12.3. The van der Waals surface area contributed by atoms with Gasteiger partial charge in [0, 0.05) is 23.5 Å². The van der Waals surface area contributed by atoms with E-state index in [2.05, 4.69) is 20.8 Å². The highest BCUT2D eigenvalue weighted by Crippen LogP contribution is 2.22. The van der Waals surface area contributed by atoms with E-state index in [1.807, 2.05) is 6.92 Å². The van der Waals surface area contributed by atoms with Crippen LogP contribution < -0.4 is 15.6 Å². The molecule has 0 aliphatic rings. The second kappa shape index (κ2) is 7.16. The van der Waals surface area contributed by atoms with Crippen molar-refractivity contribution in [3.8, 4) is 5.75 Å². The van der Waals surface area contributed by atoms with E-state index < -0.39 is 11.8 Å². The SMILES string of the molecule is CCc1c(OC)cccc1C(=O)NNC(=O)c1cnccn1. The van der Waals surface area contributed by atoms with Gasteiger partial charge in [-0.05, 0) is 18.6 Å². The maximum atomic E-state index is 12.2. The molecule has 0 atom stereocenters. The lowest BCUT2D eigenvalue weighted by Gasteiger charge is -2.12. The Morgan fingerprint density at radius 3 is 2.59 bits per heavy atom. The van der Waals surface area contributed by atoms with Crippen LogP contribution in [0.15, 0.2) is 36.8 Å². The molecular weight excluding hydrogens is 284 g/mol. The molecule has 114 valence electrons. The molecule has 0 radical (unpaired) electrons. The van der Waals surface area contributed by atoms with Crippen molar-refractivity contribution >= 4 is 11.8 Å². The second-order valence-corrected chi connectivity index (χ2v) is 4.34.